The number of carbonyl (C=O) groups is 1. The van der Waals surface area contributed by atoms with Gasteiger partial charge in [-0.2, -0.15) is 0 Å². The first-order valence-corrected chi connectivity index (χ1v) is 14.3. The van der Waals surface area contributed by atoms with Gasteiger partial charge in [0.15, 0.2) is 0 Å². The number of quaternary nitrogens is 1. The van der Waals surface area contributed by atoms with E-state index in [1.165, 1.54) is 62.7 Å². The van der Waals surface area contributed by atoms with Crippen LogP contribution in [0.25, 0.3) is 0 Å². The van der Waals surface area contributed by atoms with Crippen LogP contribution >= 0.6 is 7.82 Å². The van der Waals surface area contributed by atoms with Gasteiger partial charge in [0.1, 0.15) is 25.9 Å². The Balaban J connectivity index is 4.24. The van der Waals surface area contributed by atoms with Crippen molar-refractivity contribution in [2.75, 3.05) is 55.0 Å². The van der Waals surface area contributed by atoms with E-state index in [-0.39, 0.29) is 13.2 Å². The molecule has 2 atom stereocenters. The summed E-state index contributed by atoms with van der Waals surface area (Å²) < 4.78 is 28.7. The molecule has 33 heavy (non-hydrogen) atoms. The third-order valence-electron chi connectivity index (χ3n) is 5.44. The fourth-order valence-corrected chi connectivity index (χ4v) is 4.24. The number of ether oxygens (including phenoxy) is 1. The third kappa shape index (κ3) is 21.6. The molecule has 1 amide bonds. The molecule has 0 fully saturated rings. The normalized spacial score (nSPS) is 14.6. The summed E-state index contributed by atoms with van der Waals surface area (Å²) in [4.78, 5) is 23.2. The molecule has 0 bridgehead atoms. The molecule has 0 spiro atoms. The van der Waals surface area contributed by atoms with E-state index in [1.807, 2.05) is 21.1 Å². The minimum Gasteiger partial charge on any atom is -0.447 e. The van der Waals surface area contributed by atoms with Crippen LogP contribution < -0.4 is 0 Å². The predicted octanol–water partition coefficient (Wildman–Crippen LogP) is 5.98. The number of phosphoric ester groups is 1. The fourth-order valence-electron chi connectivity index (χ4n) is 3.32. The molecule has 0 saturated heterocycles. The highest BCUT2D eigenvalue weighted by atomic mass is 31.2. The van der Waals surface area contributed by atoms with Crippen LogP contribution in [0.5, 0.6) is 0 Å². The lowest BCUT2D eigenvalue weighted by Crippen LogP contribution is -2.37. The zero-order valence-electron chi connectivity index (χ0n) is 22.2. The summed E-state index contributed by atoms with van der Waals surface area (Å²) in [5, 5.41) is 0. The second kappa shape index (κ2) is 18.6. The molecule has 0 aliphatic heterocycles. The minimum absolute atomic E-state index is 0.0711. The zero-order valence-corrected chi connectivity index (χ0v) is 23.1. The summed E-state index contributed by atoms with van der Waals surface area (Å²) in [6.45, 7) is 2.86. The van der Waals surface area contributed by atoms with Gasteiger partial charge in [0.2, 0.25) is 0 Å². The maximum absolute atomic E-state index is 12.4. The molecule has 0 saturated carbocycles. The maximum atomic E-state index is 12.4. The van der Waals surface area contributed by atoms with Gasteiger partial charge in [0.05, 0.1) is 21.1 Å². The summed E-state index contributed by atoms with van der Waals surface area (Å²) in [6, 6.07) is 0. The Kier molecular flexibility index (Phi) is 18.3. The summed E-state index contributed by atoms with van der Waals surface area (Å²) >= 11 is 0. The molecule has 0 heterocycles. The molecule has 0 aliphatic rings. The van der Waals surface area contributed by atoms with Crippen molar-refractivity contribution in [2.24, 2.45) is 0 Å². The number of hydrogen-bond donors (Lipinski definition) is 1. The smallest absolute Gasteiger partial charge is 0.447 e. The average molecular weight is 496 g/mol. The second-order valence-corrected chi connectivity index (χ2v) is 11.6. The largest absolute Gasteiger partial charge is 0.472 e. The molecule has 0 aromatic rings. The van der Waals surface area contributed by atoms with Gasteiger partial charge in [-0.05, 0) is 6.42 Å². The molecule has 2 unspecified atom stereocenters. The van der Waals surface area contributed by atoms with Crippen molar-refractivity contribution in [1.82, 2.24) is 4.90 Å². The number of likely N-dealkylation sites (N-methyl/N-ethyl adjacent to an activating group) is 1. The molecule has 0 radical (unpaired) electrons. The van der Waals surface area contributed by atoms with Gasteiger partial charge < -0.3 is 19.0 Å². The molecule has 0 aliphatic carbocycles. The highest BCUT2D eigenvalue weighted by molar-refractivity contribution is 7.47. The van der Waals surface area contributed by atoms with Crippen molar-refractivity contribution in [1.29, 1.82) is 0 Å². The van der Waals surface area contributed by atoms with Gasteiger partial charge in [-0.1, -0.05) is 84.0 Å². The van der Waals surface area contributed by atoms with Gasteiger partial charge >= 0.3 is 13.9 Å². The van der Waals surface area contributed by atoms with Crippen LogP contribution in [0.3, 0.4) is 0 Å². The lowest BCUT2D eigenvalue weighted by molar-refractivity contribution is -0.870. The quantitative estimate of drug-likeness (QED) is 0.120. The SMILES string of the molecule is CCCCCCCCCCCCCCC(COC(=O)N(C)C)OP(=O)(O)OCC[N+](C)(C)C. The van der Waals surface area contributed by atoms with E-state index in [0.29, 0.717) is 17.4 Å². The second-order valence-electron chi connectivity index (χ2n) is 10.2. The number of phosphoric acid groups is 1. The van der Waals surface area contributed by atoms with Crippen LogP contribution in [0.15, 0.2) is 0 Å². The van der Waals surface area contributed by atoms with E-state index < -0.39 is 20.0 Å². The Morgan fingerprint density at radius 1 is 0.909 bits per heavy atom. The van der Waals surface area contributed by atoms with Crippen LogP contribution in [0.1, 0.15) is 90.4 Å². The maximum Gasteiger partial charge on any atom is 0.472 e. The molecular weight excluding hydrogens is 443 g/mol. The highest BCUT2D eigenvalue weighted by Gasteiger charge is 2.28. The summed E-state index contributed by atoms with van der Waals surface area (Å²) in [6.07, 6.45) is 14.2. The van der Waals surface area contributed by atoms with Crippen LogP contribution in [0.4, 0.5) is 4.79 Å². The Morgan fingerprint density at radius 2 is 1.39 bits per heavy atom. The van der Waals surface area contributed by atoms with E-state index in [1.54, 1.807) is 14.1 Å². The fraction of sp³-hybridized carbons (Fsp3) is 0.958. The number of nitrogens with zero attached hydrogens (tertiary/aromatic N) is 2. The summed E-state index contributed by atoms with van der Waals surface area (Å²) in [5.74, 6) is 0. The van der Waals surface area contributed by atoms with Gasteiger partial charge in [0.25, 0.3) is 0 Å². The molecule has 1 N–H and O–H groups in total. The molecule has 8 nitrogen and oxygen atoms in total. The lowest BCUT2D eigenvalue weighted by atomic mass is 10.0. The summed E-state index contributed by atoms with van der Waals surface area (Å²) in [5.41, 5.74) is 0. The summed E-state index contributed by atoms with van der Waals surface area (Å²) in [7, 11) is 4.89. The van der Waals surface area contributed by atoms with Crippen LogP contribution in [0.2, 0.25) is 0 Å². The monoisotopic (exact) mass is 495 g/mol. The Hall–Kier alpha value is -0.660. The van der Waals surface area contributed by atoms with E-state index >= 15 is 0 Å². The Bertz CT molecular complexity index is 540. The predicted molar refractivity (Wildman–Crippen MR) is 134 cm³/mol. The number of rotatable bonds is 21. The molecule has 0 aromatic carbocycles. The molecule has 0 aromatic heterocycles. The molecule has 198 valence electrons. The topological polar surface area (TPSA) is 85.3 Å². The van der Waals surface area contributed by atoms with Crippen LogP contribution in [0, 0.1) is 0 Å². The third-order valence-corrected chi connectivity index (χ3v) is 6.51. The van der Waals surface area contributed by atoms with E-state index in [0.717, 1.165) is 19.3 Å². The van der Waals surface area contributed by atoms with Crippen LogP contribution in [-0.4, -0.2) is 81.5 Å². The van der Waals surface area contributed by atoms with E-state index in [2.05, 4.69) is 6.92 Å². The van der Waals surface area contributed by atoms with Crippen molar-refractivity contribution >= 4 is 13.9 Å². The number of amides is 1. The van der Waals surface area contributed by atoms with E-state index in [9.17, 15) is 14.3 Å². The number of unbranched alkanes of at least 4 members (excludes halogenated alkanes) is 11. The molecule has 9 heteroatoms. The first kappa shape index (κ1) is 32.3. The molecule has 0 rings (SSSR count). The first-order chi connectivity index (χ1) is 15.5. The number of hydrogen-bond acceptors (Lipinski definition) is 5. The molecular formula is C24H52N2O6P+. The standard InChI is InChI=1S/C24H51N2O6P/c1-7-8-9-10-11-12-13-14-15-16-17-18-19-23(22-30-24(27)25(2)3)32-33(28,29)31-21-20-26(4,5)6/h23H,7-22H2,1-6H3/p+1. The Labute approximate surface area is 203 Å². The van der Waals surface area contributed by atoms with Crippen molar-refractivity contribution in [2.45, 2.75) is 96.5 Å². The first-order valence-electron chi connectivity index (χ1n) is 12.8. The Morgan fingerprint density at radius 3 is 1.85 bits per heavy atom. The van der Waals surface area contributed by atoms with Gasteiger partial charge in [-0.25, -0.2) is 9.36 Å². The van der Waals surface area contributed by atoms with Crippen LogP contribution in [-0.2, 0) is 18.3 Å². The van der Waals surface area contributed by atoms with Gasteiger partial charge in [-0.3, -0.25) is 9.05 Å². The van der Waals surface area contributed by atoms with Gasteiger partial charge in [-0.15, -0.1) is 0 Å². The van der Waals surface area contributed by atoms with Crippen molar-refractivity contribution in [3.8, 4) is 0 Å². The van der Waals surface area contributed by atoms with Crippen molar-refractivity contribution in [3.05, 3.63) is 0 Å². The van der Waals surface area contributed by atoms with Crippen molar-refractivity contribution < 1.29 is 32.5 Å². The minimum atomic E-state index is -4.22. The van der Waals surface area contributed by atoms with Crippen molar-refractivity contribution in [3.63, 3.8) is 0 Å². The zero-order chi connectivity index (χ0) is 25.2. The van der Waals surface area contributed by atoms with E-state index in [4.69, 9.17) is 13.8 Å². The highest BCUT2D eigenvalue weighted by Crippen LogP contribution is 2.45. The average Bonchev–Trinajstić information content (AvgIpc) is 2.70. The lowest BCUT2D eigenvalue weighted by Gasteiger charge is -2.25. The van der Waals surface area contributed by atoms with Gasteiger partial charge in [0, 0.05) is 14.1 Å². The number of carbonyl (C=O) groups excluding carboxylic acids is 1.